The fourth-order valence-electron chi connectivity index (χ4n) is 1.17. The molecule has 0 aromatic rings. The molecule has 1 rings (SSSR count). The maximum absolute atomic E-state index is 11.2. The number of likely N-dealkylation sites (N-methyl/N-ethyl adjacent to an activating group) is 1. The van der Waals surface area contributed by atoms with Crippen molar-refractivity contribution in [3.8, 4) is 0 Å². The van der Waals surface area contributed by atoms with Crippen molar-refractivity contribution in [2.24, 2.45) is 0 Å². The predicted molar refractivity (Wildman–Crippen MR) is 51.9 cm³/mol. The minimum Gasteiger partial charge on any atom is -0.341 e. The molecule has 0 radical (unpaired) electrons. The van der Waals surface area contributed by atoms with E-state index in [1.807, 2.05) is 11.9 Å². The lowest BCUT2D eigenvalue weighted by molar-refractivity contribution is -0.121. The highest BCUT2D eigenvalue weighted by Crippen LogP contribution is 2.00. The van der Waals surface area contributed by atoms with Crippen LogP contribution in [0.25, 0.3) is 0 Å². The van der Waals surface area contributed by atoms with E-state index in [9.17, 15) is 9.59 Å². The molecule has 14 heavy (non-hydrogen) atoms. The third kappa shape index (κ3) is 2.97. The molecular formula is C8H16N4O2. The Balaban J connectivity index is 2.21. The fraction of sp³-hybridized carbons (Fsp3) is 0.750. The van der Waals surface area contributed by atoms with Gasteiger partial charge in [-0.15, -0.1) is 0 Å². The number of imide groups is 1. The van der Waals surface area contributed by atoms with E-state index in [1.54, 1.807) is 0 Å². The van der Waals surface area contributed by atoms with Gasteiger partial charge in [0.15, 0.2) is 0 Å². The molecule has 0 aromatic carbocycles. The number of hydrogen-bond acceptors (Lipinski definition) is 4. The second-order valence-corrected chi connectivity index (χ2v) is 3.35. The van der Waals surface area contributed by atoms with Crippen LogP contribution in [0.2, 0.25) is 0 Å². The Bertz CT molecular complexity index is 227. The summed E-state index contributed by atoms with van der Waals surface area (Å²) in [5.41, 5.74) is 0. The summed E-state index contributed by atoms with van der Waals surface area (Å²) in [6, 6.07) is -0.0550. The summed E-state index contributed by atoms with van der Waals surface area (Å²) < 4.78 is 0. The predicted octanol–water partition coefficient (Wildman–Crippen LogP) is -1.65. The van der Waals surface area contributed by atoms with Gasteiger partial charge >= 0.3 is 6.03 Å². The van der Waals surface area contributed by atoms with Gasteiger partial charge in [-0.3, -0.25) is 15.0 Å². The lowest BCUT2D eigenvalue weighted by atomic mass is 10.1. The van der Waals surface area contributed by atoms with Crippen LogP contribution >= 0.6 is 0 Å². The van der Waals surface area contributed by atoms with E-state index in [4.69, 9.17) is 0 Å². The number of urea groups is 1. The van der Waals surface area contributed by atoms with E-state index in [1.165, 1.54) is 7.05 Å². The molecule has 3 amide bonds. The van der Waals surface area contributed by atoms with Gasteiger partial charge in [-0.1, -0.05) is 0 Å². The fourth-order valence-corrected chi connectivity index (χ4v) is 1.17. The van der Waals surface area contributed by atoms with Crippen LogP contribution in [-0.4, -0.2) is 56.6 Å². The molecule has 3 N–H and O–H groups in total. The highest BCUT2D eigenvalue weighted by Gasteiger charge is 2.23. The van der Waals surface area contributed by atoms with Crippen LogP contribution in [-0.2, 0) is 4.79 Å². The van der Waals surface area contributed by atoms with Crippen molar-refractivity contribution in [3.63, 3.8) is 0 Å². The molecule has 1 aliphatic rings. The van der Waals surface area contributed by atoms with Crippen LogP contribution in [0.3, 0.4) is 0 Å². The van der Waals surface area contributed by atoms with Crippen molar-refractivity contribution in [1.82, 2.24) is 20.9 Å². The average molecular weight is 200 g/mol. The van der Waals surface area contributed by atoms with Crippen LogP contribution < -0.4 is 16.0 Å². The SMILES string of the molecule is CNC(=O)NC(=O)CN(C)C1CNC1. The molecule has 1 heterocycles. The summed E-state index contributed by atoms with van der Waals surface area (Å²) in [4.78, 5) is 23.9. The van der Waals surface area contributed by atoms with Crippen LogP contribution in [0, 0.1) is 0 Å². The molecule has 0 aliphatic carbocycles. The van der Waals surface area contributed by atoms with Crippen molar-refractivity contribution in [1.29, 1.82) is 0 Å². The molecular weight excluding hydrogens is 184 g/mol. The second kappa shape index (κ2) is 4.92. The number of amides is 3. The zero-order valence-electron chi connectivity index (χ0n) is 8.46. The first-order valence-corrected chi connectivity index (χ1v) is 4.56. The van der Waals surface area contributed by atoms with E-state index in [-0.39, 0.29) is 12.5 Å². The van der Waals surface area contributed by atoms with Gasteiger partial charge in [0, 0.05) is 26.2 Å². The first-order chi connectivity index (χ1) is 6.63. The van der Waals surface area contributed by atoms with Crippen molar-refractivity contribution < 1.29 is 9.59 Å². The van der Waals surface area contributed by atoms with Crippen LogP contribution in [0.4, 0.5) is 4.79 Å². The third-order valence-electron chi connectivity index (χ3n) is 2.26. The topological polar surface area (TPSA) is 73.5 Å². The first-order valence-electron chi connectivity index (χ1n) is 4.56. The summed E-state index contributed by atoms with van der Waals surface area (Å²) in [7, 11) is 3.34. The number of hydrogen-bond donors (Lipinski definition) is 3. The monoisotopic (exact) mass is 200 g/mol. The Morgan fingerprint density at radius 1 is 1.50 bits per heavy atom. The van der Waals surface area contributed by atoms with Gasteiger partial charge in [0.25, 0.3) is 0 Å². The van der Waals surface area contributed by atoms with Gasteiger partial charge < -0.3 is 10.6 Å². The number of rotatable bonds is 3. The molecule has 6 heteroatoms. The molecule has 1 aliphatic heterocycles. The van der Waals surface area contributed by atoms with E-state index < -0.39 is 6.03 Å². The lowest BCUT2D eigenvalue weighted by Gasteiger charge is -2.35. The molecule has 0 saturated carbocycles. The van der Waals surface area contributed by atoms with Gasteiger partial charge in [-0.2, -0.15) is 0 Å². The first kappa shape index (κ1) is 10.9. The van der Waals surface area contributed by atoms with Gasteiger partial charge in [0.05, 0.1) is 6.54 Å². The molecule has 0 spiro atoms. The Morgan fingerprint density at radius 2 is 2.14 bits per heavy atom. The average Bonchev–Trinajstić information content (AvgIpc) is 1.99. The summed E-state index contributed by atoms with van der Waals surface area (Å²) in [5.74, 6) is -0.279. The van der Waals surface area contributed by atoms with Gasteiger partial charge in [-0.25, -0.2) is 4.79 Å². The molecule has 6 nitrogen and oxygen atoms in total. The summed E-state index contributed by atoms with van der Waals surface area (Å²) in [6.07, 6.45) is 0. The van der Waals surface area contributed by atoms with E-state index in [0.717, 1.165) is 13.1 Å². The van der Waals surface area contributed by atoms with Crippen molar-refractivity contribution in [2.75, 3.05) is 33.7 Å². The number of nitrogens with one attached hydrogen (secondary N) is 3. The molecule has 1 fully saturated rings. The highest BCUT2D eigenvalue weighted by molar-refractivity contribution is 5.95. The third-order valence-corrected chi connectivity index (χ3v) is 2.26. The zero-order valence-corrected chi connectivity index (χ0v) is 8.46. The van der Waals surface area contributed by atoms with Crippen LogP contribution in [0.5, 0.6) is 0 Å². The van der Waals surface area contributed by atoms with E-state index in [2.05, 4.69) is 16.0 Å². The zero-order chi connectivity index (χ0) is 10.6. The number of carbonyl (C=O) groups is 2. The lowest BCUT2D eigenvalue weighted by Crippen LogP contribution is -2.58. The molecule has 80 valence electrons. The summed E-state index contributed by atoms with van der Waals surface area (Å²) in [5, 5.41) is 7.65. The van der Waals surface area contributed by atoms with Crippen LogP contribution in [0.1, 0.15) is 0 Å². The largest absolute Gasteiger partial charge is 0.341 e. The molecule has 0 unspecified atom stereocenters. The Kier molecular flexibility index (Phi) is 3.84. The molecule has 0 bridgehead atoms. The minimum absolute atomic E-state index is 0.250. The highest BCUT2D eigenvalue weighted by atomic mass is 16.2. The smallest absolute Gasteiger partial charge is 0.321 e. The van der Waals surface area contributed by atoms with Gasteiger partial charge in [-0.05, 0) is 7.05 Å². The minimum atomic E-state index is -0.463. The standard InChI is InChI=1S/C8H16N4O2/c1-9-8(14)11-7(13)5-12(2)6-3-10-4-6/h6,10H,3-5H2,1-2H3,(H2,9,11,13,14). The normalized spacial score (nSPS) is 16.2. The Morgan fingerprint density at radius 3 is 2.57 bits per heavy atom. The quantitative estimate of drug-likeness (QED) is 0.510. The van der Waals surface area contributed by atoms with E-state index in [0.29, 0.717) is 6.04 Å². The van der Waals surface area contributed by atoms with Crippen LogP contribution in [0.15, 0.2) is 0 Å². The van der Waals surface area contributed by atoms with E-state index >= 15 is 0 Å². The number of carbonyl (C=O) groups excluding carboxylic acids is 2. The van der Waals surface area contributed by atoms with Crippen molar-refractivity contribution in [3.05, 3.63) is 0 Å². The number of nitrogens with zero attached hydrogens (tertiary/aromatic N) is 1. The second-order valence-electron chi connectivity index (χ2n) is 3.35. The van der Waals surface area contributed by atoms with Gasteiger partial charge in [0.2, 0.25) is 5.91 Å². The molecule has 0 atom stereocenters. The van der Waals surface area contributed by atoms with Crippen molar-refractivity contribution in [2.45, 2.75) is 6.04 Å². The maximum Gasteiger partial charge on any atom is 0.321 e. The molecule has 0 aromatic heterocycles. The van der Waals surface area contributed by atoms with Crippen molar-refractivity contribution >= 4 is 11.9 Å². The maximum atomic E-state index is 11.2. The van der Waals surface area contributed by atoms with Gasteiger partial charge in [0.1, 0.15) is 0 Å². The molecule has 1 saturated heterocycles. The Hall–Kier alpha value is -1.14. The summed E-state index contributed by atoms with van der Waals surface area (Å²) in [6.45, 7) is 2.06. The summed E-state index contributed by atoms with van der Waals surface area (Å²) >= 11 is 0. The Labute approximate surface area is 83.0 Å².